The quantitative estimate of drug-likeness (QED) is 0.613. The Bertz CT molecular complexity index is 624. The Kier molecular flexibility index (Phi) is 5.78. The Morgan fingerprint density at radius 1 is 1.38 bits per heavy atom. The van der Waals surface area contributed by atoms with E-state index in [0.717, 1.165) is 19.1 Å². The van der Waals surface area contributed by atoms with Crippen molar-refractivity contribution in [2.45, 2.75) is 20.0 Å². The minimum Gasteiger partial charge on any atom is -0.463 e. The third-order valence-electron chi connectivity index (χ3n) is 2.51. The molecule has 1 aromatic rings. The zero-order valence-corrected chi connectivity index (χ0v) is 11.7. The van der Waals surface area contributed by atoms with Crippen molar-refractivity contribution in [2.24, 2.45) is 0 Å². The lowest BCUT2D eigenvalue weighted by molar-refractivity contribution is -0.147. The Balaban J connectivity index is 3.26. The van der Waals surface area contributed by atoms with Gasteiger partial charge in [-0.1, -0.05) is 18.7 Å². The summed E-state index contributed by atoms with van der Waals surface area (Å²) in [6.45, 7) is 6.39. The second-order valence-electron chi connectivity index (χ2n) is 4.12. The normalized spacial score (nSPS) is 11.4. The minimum atomic E-state index is -1.22. The van der Waals surface area contributed by atoms with Gasteiger partial charge < -0.3 is 9.47 Å². The fourth-order valence-electron chi connectivity index (χ4n) is 1.59. The molecule has 0 amide bonds. The van der Waals surface area contributed by atoms with E-state index in [1.54, 1.807) is 6.92 Å². The van der Waals surface area contributed by atoms with Crippen LogP contribution in [0.3, 0.4) is 0 Å². The lowest BCUT2D eigenvalue weighted by Gasteiger charge is -2.18. The van der Waals surface area contributed by atoms with Crippen LogP contribution in [-0.2, 0) is 19.1 Å². The fraction of sp³-hybridized carbons (Fsp3) is 0.267. The molecule has 0 saturated heterocycles. The van der Waals surface area contributed by atoms with Gasteiger partial charge in [-0.3, -0.25) is 9.59 Å². The van der Waals surface area contributed by atoms with E-state index in [1.807, 2.05) is 0 Å². The van der Waals surface area contributed by atoms with Crippen molar-refractivity contribution in [3.05, 3.63) is 58.0 Å². The third-order valence-corrected chi connectivity index (χ3v) is 2.51. The summed E-state index contributed by atoms with van der Waals surface area (Å²) in [5.74, 6) is -2.47. The van der Waals surface area contributed by atoms with Gasteiger partial charge in [0.1, 0.15) is 0 Å². The zero-order valence-electron chi connectivity index (χ0n) is 11.7. The molecule has 0 fully saturated rings. The van der Waals surface area contributed by atoms with Crippen molar-refractivity contribution in [3.63, 3.8) is 0 Å². The number of esters is 2. The topological polar surface area (TPSA) is 69.7 Å². The summed E-state index contributed by atoms with van der Waals surface area (Å²) < 4.78 is 23.3. The Morgan fingerprint density at radius 2 is 2.05 bits per heavy atom. The van der Waals surface area contributed by atoms with Crippen molar-refractivity contribution in [1.29, 1.82) is 0 Å². The number of carbonyl (C=O) groups is 2. The molecule has 1 unspecified atom stereocenters. The molecule has 21 heavy (non-hydrogen) atoms. The molecule has 0 aliphatic heterocycles. The molecule has 5 nitrogen and oxygen atoms in total. The first-order valence-corrected chi connectivity index (χ1v) is 6.19. The smallest absolute Gasteiger partial charge is 0.337 e. The van der Waals surface area contributed by atoms with Crippen LogP contribution in [0.25, 0.3) is 0 Å². The van der Waals surface area contributed by atoms with Gasteiger partial charge >= 0.3 is 11.9 Å². The maximum Gasteiger partial charge on any atom is 0.337 e. The number of rotatable bonds is 5. The van der Waals surface area contributed by atoms with Gasteiger partial charge in [0, 0.05) is 12.5 Å². The molecule has 112 valence electrons. The largest absolute Gasteiger partial charge is 0.463 e. The maximum atomic E-state index is 13.5. The van der Waals surface area contributed by atoms with E-state index in [9.17, 15) is 18.8 Å². The monoisotopic (exact) mass is 294 g/mol. The van der Waals surface area contributed by atoms with Gasteiger partial charge in [-0.15, -0.1) is 0 Å². The van der Waals surface area contributed by atoms with Crippen molar-refractivity contribution < 1.29 is 23.5 Å². The summed E-state index contributed by atoms with van der Waals surface area (Å²) in [4.78, 5) is 34.1. The van der Waals surface area contributed by atoms with E-state index in [2.05, 4.69) is 6.58 Å². The number of halogens is 1. The molecule has 1 atom stereocenters. The highest BCUT2D eigenvalue weighted by Crippen LogP contribution is 2.25. The van der Waals surface area contributed by atoms with Crippen LogP contribution in [0, 0.1) is 5.82 Å². The highest BCUT2D eigenvalue weighted by molar-refractivity contribution is 5.89. The zero-order chi connectivity index (χ0) is 16.0. The van der Waals surface area contributed by atoms with Crippen LogP contribution in [0.1, 0.15) is 25.5 Å². The highest BCUT2D eigenvalue weighted by atomic mass is 19.1. The van der Waals surface area contributed by atoms with Crippen LogP contribution in [0.5, 0.6) is 0 Å². The summed E-state index contributed by atoms with van der Waals surface area (Å²) in [5, 5.41) is 0. The van der Waals surface area contributed by atoms with E-state index in [0.29, 0.717) is 0 Å². The van der Waals surface area contributed by atoms with Crippen molar-refractivity contribution in [1.82, 2.24) is 0 Å². The summed E-state index contributed by atoms with van der Waals surface area (Å²) in [5.41, 5.74) is -0.863. The molecular formula is C15H15FO5. The Labute approximate surface area is 121 Å². The van der Waals surface area contributed by atoms with E-state index in [4.69, 9.17) is 9.47 Å². The summed E-state index contributed by atoms with van der Waals surface area (Å²) in [6.07, 6.45) is -1.22. The Morgan fingerprint density at radius 3 is 2.62 bits per heavy atom. The molecule has 0 spiro atoms. The molecule has 1 rings (SSSR count). The number of ether oxygens (including phenoxy) is 2. The second-order valence-corrected chi connectivity index (χ2v) is 4.12. The molecule has 0 aromatic heterocycles. The predicted molar refractivity (Wildman–Crippen MR) is 73.0 cm³/mol. The van der Waals surface area contributed by atoms with Crippen LogP contribution < -0.4 is 5.43 Å². The van der Waals surface area contributed by atoms with Gasteiger partial charge in [-0.05, 0) is 19.1 Å². The molecule has 0 radical (unpaired) electrons. The van der Waals surface area contributed by atoms with E-state index < -0.39 is 29.3 Å². The molecule has 0 saturated carbocycles. The van der Waals surface area contributed by atoms with Gasteiger partial charge in [-0.25, -0.2) is 9.18 Å². The van der Waals surface area contributed by atoms with E-state index in [-0.39, 0.29) is 17.7 Å². The SMILES string of the molecule is C=C(C(=O)OCC)C(OC(C)=O)c1cccc(=O)c(F)c1. The van der Waals surface area contributed by atoms with E-state index in [1.165, 1.54) is 12.1 Å². The molecule has 0 heterocycles. The van der Waals surface area contributed by atoms with Crippen LogP contribution in [0.2, 0.25) is 0 Å². The van der Waals surface area contributed by atoms with Crippen LogP contribution in [0.4, 0.5) is 4.39 Å². The first-order chi connectivity index (χ1) is 9.86. The molecule has 1 aromatic carbocycles. The molecule has 0 aliphatic rings. The van der Waals surface area contributed by atoms with Gasteiger partial charge in [0.15, 0.2) is 11.9 Å². The third kappa shape index (κ3) is 4.52. The second kappa shape index (κ2) is 7.33. The maximum absolute atomic E-state index is 13.5. The van der Waals surface area contributed by atoms with Crippen molar-refractivity contribution in [2.75, 3.05) is 6.61 Å². The average Bonchev–Trinajstić information content (AvgIpc) is 2.58. The van der Waals surface area contributed by atoms with E-state index >= 15 is 0 Å². The summed E-state index contributed by atoms with van der Waals surface area (Å²) in [7, 11) is 0. The first-order valence-electron chi connectivity index (χ1n) is 6.19. The molecule has 6 heteroatoms. The average molecular weight is 294 g/mol. The van der Waals surface area contributed by atoms with Gasteiger partial charge in [-0.2, -0.15) is 0 Å². The van der Waals surface area contributed by atoms with Crippen molar-refractivity contribution >= 4 is 11.9 Å². The number of hydrogen-bond donors (Lipinski definition) is 0. The predicted octanol–water partition coefficient (Wildman–Crippen LogP) is 1.91. The standard InChI is InChI=1S/C15H15FO5/c1-4-20-15(19)9(2)14(21-10(3)17)11-6-5-7-13(18)12(16)8-11/h5-8,14H,2,4H2,1,3H3. The molecule has 0 bridgehead atoms. The van der Waals surface area contributed by atoms with Gasteiger partial charge in [0.2, 0.25) is 5.43 Å². The lowest BCUT2D eigenvalue weighted by Crippen LogP contribution is -2.18. The minimum absolute atomic E-state index is 0.114. The Hall–Kier alpha value is -2.50. The summed E-state index contributed by atoms with van der Waals surface area (Å²) >= 11 is 0. The molecule has 0 N–H and O–H groups in total. The van der Waals surface area contributed by atoms with Crippen molar-refractivity contribution in [3.8, 4) is 0 Å². The first kappa shape index (κ1) is 16.6. The van der Waals surface area contributed by atoms with Crippen LogP contribution in [-0.4, -0.2) is 18.5 Å². The highest BCUT2D eigenvalue weighted by Gasteiger charge is 2.25. The molecule has 0 aliphatic carbocycles. The van der Waals surface area contributed by atoms with Crippen LogP contribution in [0.15, 0.2) is 41.2 Å². The van der Waals surface area contributed by atoms with Gasteiger partial charge in [0.25, 0.3) is 0 Å². The molecular weight excluding hydrogens is 279 g/mol. The number of hydrogen-bond acceptors (Lipinski definition) is 5. The lowest BCUT2D eigenvalue weighted by atomic mass is 10.0. The van der Waals surface area contributed by atoms with Crippen LogP contribution >= 0.6 is 0 Å². The summed E-state index contributed by atoms with van der Waals surface area (Å²) in [6, 6.07) is 4.59. The fourth-order valence-corrected chi connectivity index (χ4v) is 1.59. The van der Waals surface area contributed by atoms with Gasteiger partial charge in [0.05, 0.1) is 12.2 Å². The number of carbonyl (C=O) groups excluding carboxylic acids is 2.